The molecular formula is C54H101NO5. The zero-order valence-corrected chi connectivity index (χ0v) is 39.9. The van der Waals surface area contributed by atoms with Gasteiger partial charge in [0.25, 0.3) is 0 Å². The van der Waals surface area contributed by atoms with Gasteiger partial charge in [-0.1, -0.05) is 204 Å². The molecule has 0 spiro atoms. The summed E-state index contributed by atoms with van der Waals surface area (Å²) in [5.74, 6) is -0.121. The summed E-state index contributed by atoms with van der Waals surface area (Å²) in [7, 11) is 0. The number of hydrogen-bond donors (Lipinski definition) is 3. The summed E-state index contributed by atoms with van der Waals surface area (Å²) in [6.07, 6.45) is 60.1. The molecule has 0 aliphatic heterocycles. The highest BCUT2D eigenvalue weighted by molar-refractivity contribution is 5.76. The molecule has 6 heteroatoms. The number of carbonyl (C=O) groups excluding carboxylic acids is 2. The Morgan fingerprint density at radius 3 is 1.18 bits per heavy atom. The van der Waals surface area contributed by atoms with E-state index in [4.69, 9.17) is 4.74 Å². The Bertz CT molecular complexity index is 977. The molecule has 0 saturated heterocycles. The predicted octanol–water partition coefficient (Wildman–Crippen LogP) is 15.7. The summed E-state index contributed by atoms with van der Waals surface area (Å²) < 4.78 is 5.46. The van der Waals surface area contributed by atoms with Crippen molar-refractivity contribution in [1.82, 2.24) is 5.32 Å². The number of carbonyl (C=O) groups is 2. The van der Waals surface area contributed by atoms with Crippen LogP contribution in [0.2, 0.25) is 0 Å². The molecule has 60 heavy (non-hydrogen) atoms. The monoisotopic (exact) mass is 844 g/mol. The lowest BCUT2D eigenvalue weighted by atomic mass is 10.1. The van der Waals surface area contributed by atoms with E-state index >= 15 is 0 Å². The van der Waals surface area contributed by atoms with Crippen LogP contribution in [0.1, 0.15) is 271 Å². The molecule has 0 aromatic rings. The van der Waals surface area contributed by atoms with E-state index in [-0.39, 0.29) is 18.5 Å². The summed E-state index contributed by atoms with van der Waals surface area (Å²) in [5, 5.41) is 23.0. The van der Waals surface area contributed by atoms with Crippen molar-refractivity contribution in [3.8, 4) is 0 Å². The SMILES string of the molecule is CCCCCCCC/C=C\CCCCCCCCCCCC(=O)OCCCCC/C=C\CCCCCCCC(=O)NC(CO)C(O)/C=C/CCCCCCCCCCCC. The average molecular weight is 844 g/mol. The van der Waals surface area contributed by atoms with Gasteiger partial charge in [-0.15, -0.1) is 0 Å². The van der Waals surface area contributed by atoms with Gasteiger partial charge >= 0.3 is 5.97 Å². The summed E-state index contributed by atoms with van der Waals surface area (Å²) in [4.78, 5) is 24.5. The first-order valence-electron chi connectivity index (χ1n) is 26.3. The summed E-state index contributed by atoms with van der Waals surface area (Å²) in [5.41, 5.74) is 0. The lowest BCUT2D eigenvalue weighted by Gasteiger charge is -2.20. The Balaban J connectivity index is 3.51. The highest BCUT2D eigenvalue weighted by atomic mass is 16.5. The molecule has 6 nitrogen and oxygen atoms in total. The second-order valence-corrected chi connectivity index (χ2v) is 17.8. The van der Waals surface area contributed by atoms with E-state index in [0.29, 0.717) is 19.4 Å². The summed E-state index contributed by atoms with van der Waals surface area (Å²) >= 11 is 0. The van der Waals surface area contributed by atoms with Crippen molar-refractivity contribution in [2.24, 2.45) is 0 Å². The van der Waals surface area contributed by atoms with Crippen molar-refractivity contribution in [3.05, 3.63) is 36.5 Å². The van der Waals surface area contributed by atoms with Crippen LogP contribution >= 0.6 is 0 Å². The molecule has 1 amide bonds. The number of rotatable bonds is 48. The van der Waals surface area contributed by atoms with E-state index in [1.807, 2.05) is 6.08 Å². The zero-order valence-electron chi connectivity index (χ0n) is 39.9. The minimum atomic E-state index is -0.860. The Kier molecular flexibility index (Phi) is 48.1. The molecule has 0 saturated carbocycles. The maximum absolute atomic E-state index is 12.4. The molecule has 0 aliphatic carbocycles. The average Bonchev–Trinajstić information content (AvgIpc) is 3.25. The highest BCUT2D eigenvalue weighted by Crippen LogP contribution is 2.15. The molecule has 352 valence electrons. The largest absolute Gasteiger partial charge is 0.466 e. The van der Waals surface area contributed by atoms with Gasteiger partial charge in [0, 0.05) is 12.8 Å². The molecule has 0 rings (SSSR count). The Hall–Kier alpha value is -1.92. The number of esters is 1. The van der Waals surface area contributed by atoms with Gasteiger partial charge in [-0.05, 0) is 89.9 Å². The third kappa shape index (κ3) is 45.6. The zero-order chi connectivity index (χ0) is 43.7. The van der Waals surface area contributed by atoms with Crippen molar-refractivity contribution >= 4 is 11.9 Å². The number of nitrogens with one attached hydrogen (secondary N) is 1. The van der Waals surface area contributed by atoms with Gasteiger partial charge in [-0.25, -0.2) is 0 Å². The number of amides is 1. The second-order valence-electron chi connectivity index (χ2n) is 17.8. The number of unbranched alkanes of at least 4 members (excludes halogenated alkanes) is 33. The first kappa shape index (κ1) is 58.1. The van der Waals surface area contributed by atoms with Crippen LogP contribution in [0, 0.1) is 0 Å². The minimum absolute atomic E-state index is 0.0255. The van der Waals surface area contributed by atoms with E-state index in [2.05, 4.69) is 43.5 Å². The minimum Gasteiger partial charge on any atom is -0.466 e. The lowest BCUT2D eigenvalue weighted by molar-refractivity contribution is -0.143. The highest BCUT2D eigenvalue weighted by Gasteiger charge is 2.18. The maximum Gasteiger partial charge on any atom is 0.305 e. The van der Waals surface area contributed by atoms with Crippen LogP contribution in [0.25, 0.3) is 0 Å². The van der Waals surface area contributed by atoms with Gasteiger partial charge in [0.2, 0.25) is 5.91 Å². The van der Waals surface area contributed by atoms with Crippen molar-refractivity contribution in [2.75, 3.05) is 13.2 Å². The van der Waals surface area contributed by atoms with E-state index < -0.39 is 12.1 Å². The van der Waals surface area contributed by atoms with E-state index in [0.717, 1.165) is 83.5 Å². The third-order valence-electron chi connectivity index (χ3n) is 11.9. The smallest absolute Gasteiger partial charge is 0.305 e. The number of hydrogen-bond acceptors (Lipinski definition) is 5. The standard InChI is InChI=1S/C54H101NO5/c1-3-5-7-9-11-13-15-17-18-19-20-21-22-23-28-32-36-40-44-48-54(59)60-49-45-41-37-33-29-25-24-27-31-35-39-43-47-53(58)55-51(50-56)52(57)46-42-38-34-30-26-16-14-12-10-8-6-4-2/h17-18,25,29,42,46,51-52,56-57H,3-16,19-24,26-28,30-41,43-45,47-50H2,1-2H3,(H,55,58)/b18-17-,29-25-,46-42+. The molecular weight excluding hydrogens is 743 g/mol. The fourth-order valence-electron chi connectivity index (χ4n) is 7.80. The molecule has 0 fully saturated rings. The lowest BCUT2D eigenvalue weighted by Crippen LogP contribution is -2.45. The predicted molar refractivity (Wildman–Crippen MR) is 259 cm³/mol. The van der Waals surface area contributed by atoms with Gasteiger partial charge in [0.1, 0.15) is 0 Å². The van der Waals surface area contributed by atoms with Crippen molar-refractivity contribution in [1.29, 1.82) is 0 Å². The van der Waals surface area contributed by atoms with E-state index in [1.165, 1.54) is 161 Å². The number of aliphatic hydroxyl groups is 2. The van der Waals surface area contributed by atoms with Crippen LogP contribution in [0.3, 0.4) is 0 Å². The summed E-state index contributed by atoms with van der Waals surface area (Å²) in [6.45, 7) is 4.82. The first-order valence-corrected chi connectivity index (χ1v) is 26.3. The number of allylic oxidation sites excluding steroid dienone is 5. The van der Waals surface area contributed by atoms with Crippen LogP contribution in [0.15, 0.2) is 36.5 Å². The molecule has 0 heterocycles. The molecule has 2 unspecified atom stereocenters. The van der Waals surface area contributed by atoms with Gasteiger partial charge in [-0.2, -0.15) is 0 Å². The maximum atomic E-state index is 12.4. The Morgan fingerprint density at radius 1 is 0.450 bits per heavy atom. The quantitative estimate of drug-likeness (QED) is 0.0322. The van der Waals surface area contributed by atoms with Crippen LogP contribution in [0.4, 0.5) is 0 Å². The Labute approximate surface area is 373 Å². The topological polar surface area (TPSA) is 95.9 Å². The fourth-order valence-corrected chi connectivity index (χ4v) is 7.80. The molecule has 0 aliphatic rings. The molecule has 0 radical (unpaired) electrons. The normalized spacial score (nSPS) is 12.9. The number of aliphatic hydroxyl groups excluding tert-OH is 2. The molecule has 3 N–H and O–H groups in total. The van der Waals surface area contributed by atoms with Crippen molar-refractivity contribution in [2.45, 2.75) is 283 Å². The van der Waals surface area contributed by atoms with Crippen LogP contribution in [-0.2, 0) is 14.3 Å². The van der Waals surface area contributed by atoms with Crippen LogP contribution in [0.5, 0.6) is 0 Å². The van der Waals surface area contributed by atoms with Crippen LogP contribution < -0.4 is 5.32 Å². The van der Waals surface area contributed by atoms with Gasteiger partial charge in [0.15, 0.2) is 0 Å². The second kappa shape index (κ2) is 49.7. The number of ether oxygens (including phenoxy) is 1. The summed E-state index contributed by atoms with van der Waals surface area (Å²) in [6, 6.07) is -0.646. The van der Waals surface area contributed by atoms with Crippen molar-refractivity contribution in [3.63, 3.8) is 0 Å². The van der Waals surface area contributed by atoms with Gasteiger partial charge in [0.05, 0.1) is 25.4 Å². The fraction of sp³-hybridized carbons (Fsp3) is 0.852. The molecule has 0 aromatic carbocycles. The molecule has 2 atom stereocenters. The van der Waals surface area contributed by atoms with Crippen molar-refractivity contribution < 1.29 is 24.5 Å². The van der Waals surface area contributed by atoms with Gasteiger partial charge in [-0.3, -0.25) is 9.59 Å². The van der Waals surface area contributed by atoms with Gasteiger partial charge < -0.3 is 20.3 Å². The Morgan fingerprint density at radius 2 is 0.783 bits per heavy atom. The first-order chi connectivity index (χ1) is 29.5. The van der Waals surface area contributed by atoms with E-state index in [1.54, 1.807) is 6.08 Å². The molecule has 0 bridgehead atoms. The third-order valence-corrected chi connectivity index (χ3v) is 11.9. The van der Waals surface area contributed by atoms with Crippen LogP contribution in [-0.4, -0.2) is 47.4 Å². The van der Waals surface area contributed by atoms with E-state index in [9.17, 15) is 19.8 Å². The molecule has 0 aromatic heterocycles.